The van der Waals surface area contributed by atoms with E-state index < -0.39 is 11.5 Å². The van der Waals surface area contributed by atoms with Crippen molar-refractivity contribution < 1.29 is 13.9 Å². The number of hydrogen-bond acceptors (Lipinski definition) is 5. The maximum Gasteiger partial charge on any atom is 0.273 e. The van der Waals surface area contributed by atoms with E-state index in [0.717, 1.165) is 11.3 Å². The highest BCUT2D eigenvalue weighted by Gasteiger charge is 2.17. The molecule has 168 valence electrons. The van der Waals surface area contributed by atoms with Crippen LogP contribution in [0.3, 0.4) is 0 Å². The van der Waals surface area contributed by atoms with Gasteiger partial charge in [-0.25, -0.2) is 4.39 Å². The highest BCUT2D eigenvalue weighted by molar-refractivity contribution is 7.07. The van der Waals surface area contributed by atoms with Crippen molar-refractivity contribution in [2.45, 2.75) is 0 Å². The SMILES string of the molecule is COc1cccc(NC(=O)/C(C#N)=c2\s/c(=C/c3ccc(F)cc3)c(=O)n2-c2ccccc2)c1. The zero-order chi connectivity index (χ0) is 24.1. The van der Waals surface area contributed by atoms with E-state index in [1.807, 2.05) is 6.07 Å². The zero-order valence-electron chi connectivity index (χ0n) is 18.0. The zero-order valence-corrected chi connectivity index (χ0v) is 18.8. The second-order valence-electron chi connectivity index (χ2n) is 7.12. The fraction of sp³-hybridized carbons (Fsp3) is 0.0385. The molecular weight excluding hydrogens is 453 g/mol. The lowest BCUT2D eigenvalue weighted by molar-refractivity contribution is -0.111. The van der Waals surface area contributed by atoms with Crippen LogP contribution in [-0.4, -0.2) is 17.6 Å². The first-order valence-electron chi connectivity index (χ1n) is 10.1. The molecule has 0 fully saturated rings. The van der Waals surface area contributed by atoms with Gasteiger partial charge in [0.2, 0.25) is 0 Å². The topological polar surface area (TPSA) is 84.1 Å². The van der Waals surface area contributed by atoms with Crippen LogP contribution in [0.1, 0.15) is 5.56 Å². The standard InChI is InChI=1S/C26H18FN3O3S/c1-33-21-9-5-6-19(15-21)29-24(31)22(16-28)26-30(20-7-3-2-4-8-20)25(32)23(34-26)14-17-10-12-18(27)13-11-17/h2-15H,1H3,(H,29,31)/b23-14+,26-22-. The van der Waals surface area contributed by atoms with Crippen LogP contribution in [0.2, 0.25) is 0 Å². The average molecular weight is 472 g/mol. The molecule has 6 nitrogen and oxygen atoms in total. The van der Waals surface area contributed by atoms with Crippen LogP contribution < -0.4 is 24.8 Å². The van der Waals surface area contributed by atoms with Crippen LogP contribution in [0.25, 0.3) is 17.3 Å². The first kappa shape index (κ1) is 22.7. The van der Waals surface area contributed by atoms with Crippen molar-refractivity contribution in [2.75, 3.05) is 12.4 Å². The number of nitrogens with one attached hydrogen (secondary N) is 1. The molecule has 4 rings (SSSR count). The maximum atomic E-state index is 13.3. The Labute approximate surface area is 198 Å². The van der Waals surface area contributed by atoms with Crippen LogP contribution in [-0.2, 0) is 4.79 Å². The van der Waals surface area contributed by atoms with Gasteiger partial charge in [-0.1, -0.05) is 36.4 Å². The number of nitrogens with zero attached hydrogens (tertiary/aromatic N) is 2. The number of benzene rings is 3. The van der Waals surface area contributed by atoms with Crippen LogP contribution >= 0.6 is 11.3 Å². The number of aromatic nitrogens is 1. The number of carbonyl (C=O) groups excluding carboxylic acids is 1. The molecule has 0 unspecified atom stereocenters. The second kappa shape index (κ2) is 9.98. The molecular formula is C26H18FN3O3S. The number of para-hydroxylation sites is 1. The average Bonchev–Trinajstić information content (AvgIpc) is 3.17. The number of halogens is 1. The van der Waals surface area contributed by atoms with Gasteiger partial charge < -0.3 is 10.1 Å². The Morgan fingerprint density at radius 2 is 1.82 bits per heavy atom. The Bertz CT molecular complexity index is 1570. The van der Waals surface area contributed by atoms with Gasteiger partial charge >= 0.3 is 0 Å². The fourth-order valence-electron chi connectivity index (χ4n) is 3.26. The third-order valence-electron chi connectivity index (χ3n) is 4.89. The lowest BCUT2D eigenvalue weighted by atomic mass is 10.2. The normalized spacial score (nSPS) is 12.1. The van der Waals surface area contributed by atoms with Gasteiger partial charge in [-0.15, -0.1) is 11.3 Å². The molecule has 0 saturated carbocycles. The summed E-state index contributed by atoms with van der Waals surface area (Å²) in [6, 6.07) is 23.1. The smallest absolute Gasteiger partial charge is 0.273 e. The molecule has 0 aliphatic carbocycles. The van der Waals surface area contributed by atoms with Gasteiger partial charge in [0.1, 0.15) is 22.3 Å². The summed E-state index contributed by atoms with van der Waals surface area (Å²) < 4.78 is 20.3. The quantitative estimate of drug-likeness (QED) is 0.485. The molecule has 0 radical (unpaired) electrons. The number of anilines is 1. The van der Waals surface area contributed by atoms with Crippen molar-refractivity contribution in [1.29, 1.82) is 5.26 Å². The minimum Gasteiger partial charge on any atom is -0.497 e. The number of amides is 1. The Morgan fingerprint density at radius 1 is 1.09 bits per heavy atom. The van der Waals surface area contributed by atoms with E-state index in [1.54, 1.807) is 72.8 Å². The molecule has 1 N–H and O–H groups in total. The largest absolute Gasteiger partial charge is 0.497 e. The highest BCUT2D eigenvalue weighted by Crippen LogP contribution is 2.17. The van der Waals surface area contributed by atoms with Gasteiger partial charge in [0, 0.05) is 11.8 Å². The summed E-state index contributed by atoms with van der Waals surface area (Å²) in [5.41, 5.74) is 0.968. The summed E-state index contributed by atoms with van der Waals surface area (Å²) in [6.07, 6.45) is 1.60. The van der Waals surface area contributed by atoms with E-state index in [1.165, 1.54) is 23.8 Å². The molecule has 3 aromatic carbocycles. The maximum absolute atomic E-state index is 13.3. The predicted octanol–water partition coefficient (Wildman–Crippen LogP) is 3.19. The second-order valence-corrected chi connectivity index (χ2v) is 8.15. The third kappa shape index (κ3) is 4.80. The molecule has 0 bridgehead atoms. The molecule has 34 heavy (non-hydrogen) atoms. The van der Waals surface area contributed by atoms with E-state index in [4.69, 9.17) is 4.74 Å². The molecule has 0 aliphatic heterocycles. The Kier molecular flexibility index (Phi) is 6.67. The van der Waals surface area contributed by atoms with Crippen molar-refractivity contribution in [1.82, 2.24) is 4.57 Å². The fourth-order valence-corrected chi connectivity index (χ4v) is 4.36. The number of methoxy groups -OCH3 is 1. The number of ether oxygens (including phenoxy) is 1. The lowest BCUT2D eigenvalue weighted by Gasteiger charge is -2.07. The minimum absolute atomic E-state index is 0.187. The van der Waals surface area contributed by atoms with Crippen molar-refractivity contribution in [2.24, 2.45) is 0 Å². The monoisotopic (exact) mass is 471 g/mol. The Balaban J connectivity index is 1.92. The molecule has 0 spiro atoms. The Morgan fingerprint density at radius 3 is 2.50 bits per heavy atom. The van der Waals surface area contributed by atoms with Crippen LogP contribution in [0, 0.1) is 17.1 Å². The number of hydrogen-bond donors (Lipinski definition) is 1. The van der Waals surface area contributed by atoms with Gasteiger partial charge in [-0.3, -0.25) is 14.2 Å². The number of nitriles is 1. The summed E-state index contributed by atoms with van der Waals surface area (Å²) in [4.78, 5) is 26.4. The van der Waals surface area contributed by atoms with Crippen molar-refractivity contribution >= 4 is 34.6 Å². The van der Waals surface area contributed by atoms with E-state index >= 15 is 0 Å². The third-order valence-corrected chi connectivity index (χ3v) is 5.98. The number of thiazole rings is 1. The van der Waals surface area contributed by atoms with Crippen LogP contribution in [0.15, 0.2) is 83.7 Å². The Hall–Kier alpha value is -4.48. The van der Waals surface area contributed by atoms with Crippen LogP contribution in [0.4, 0.5) is 10.1 Å². The van der Waals surface area contributed by atoms with E-state index in [0.29, 0.717) is 27.2 Å². The van der Waals surface area contributed by atoms with Gasteiger partial charge in [-0.2, -0.15) is 5.26 Å². The predicted molar refractivity (Wildman–Crippen MR) is 130 cm³/mol. The summed E-state index contributed by atoms with van der Waals surface area (Å²) in [5, 5.41) is 12.6. The van der Waals surface area contributed by atoms with Crippen molar-refractivity contribution in [3.63, 3.8) is 0 Å². The van der Waals surface area contributed by atoms with Gasteiger partial charge in [-0.05, 0) is 48.0 Å². The van der Waals surface area contributed by atoms with E-state index in [9.17, 15) is 19.2 Å². The number of rotatable bonds is 5. The molecule has 0 saturated heterocycles. The lowest BCUT2D eigenvalue weighted by Crippen LogP contribution is -2.32. The molecule has 1 aromatic heterocycles. The summed E-state index contributed by atoms with van der Waals surface area (Å²) >= 11 is 1.02. The van der Waals surface area contributed by atoms with E-state index in [-0.39, 0.29) is 16.1 Å². The molecule has 4 aromatic rings. The molecule has 1 heterocycles. The van der Waals surface area contributed by atoms with Gasteiger partial charge in [0.25, 0.3) is 11.5 Å². The minimum atomic E-state index is -0.657. The van der Waals surface area contributed by atoms with Crippen LogP contribution in [0.5, 0.6) is 5.75 Å². The molecule has 0 atom stereocenters. The van der Waals surface area contributed by atoms with Crippen molar-refractivity contribution in [3.05, 3.63) is 110 Å². The number of carbonyl (C=O) groups is 1. The first-order chi connectivity index (χ1) is 16.5. The van der Waals surface area contributed by atoms with Crippen molar-refractivity contribution in [3.8, 4) is 17.5 Å². The molecule has 1 amide bonds. The van der Waals surface area contributed by atoms with Gasteiger partial charge in [0.05, 0.1) is 17.3 Å². The van der Waals surface area contributed by atoms with Gasteiger partial charge in [0.15, 0.2) is 5.57 Å². The molecule has 8 heteroatoms. The summed E-state index contributed by atoms with van der Waals surface area (Å²) in [7, 11) is 1.51. The summed E-state index contributed by atoms with van der Waals surface area (Å²) in [5.74, 6) is -0.500. The molecule has 0 aliphatic rings. The highest BCUT2D eigenvalue weighted by atomic mass is 32.1. The first-order valence-corrected chi connectivity index (χ1v) is 11.0. The summed E-state index contributed by atoms with van der Waals surface area (Å²) in [6.45, 7) is 0. The van der Waals surface area contributed by atoms with E-state index in [2.05, 4.69) is 5.32 Å².